The fourth-order valence-corrected chi connectivity index (χ4v) is 2.62. The van der Waals surface area contributed by atoms with Crippen LogP contribution < -0.4 is 10.6 Å². The van der Waals surface area contributed by atoms with Gasteiger partial charge in [-0.25, -0.2) is 0 Å². The van der Waals surface area contributed by atoms with Crippen molar-refractivity contribution in [2.75, 3.05) is 12.3 Å². The average Bonchev–Trinajstić information content (AvgIpc) is 2.36. The number of nitrogens with one attached hydrogen (secondary N) is 2. The average molecular weight is 266 g/mol. The molecule has 0 unspecified atom stereocenters. The molecule has 0 bridgehead atoms. The lowest BCUT2D eigenvalue weighted by Gasteiger charge is -2.22. The van der Waals surface area contributed by atoms with E-state index in [2.05, 4.69) is 10.6 Å². The minimum absolute atomic E-state index is 0.0674. The van der Waals surface area contributed by atoms with E-state index in [0.717, 1.165) is 11.3 Å². The highest BCUT2D eigenvalue weighted by Crippen LogP contribution is 2.16. The van der Waals surface area contributed by atoms with Crippen LogP contribution in [0.5, 0.6) is 5.75 Å². The minimum atomic E-state index is -0.451. The first-order valence-corrected chi connectivity index (χ1v) is 6.73. The van der Waals surface area contributed by atoms with Crippen molar-refractivity contribution in [1.82, 2.24) is 10.6 Å². The van der Waals surface area contributed by atoms with Gasteiger partial charge in [-0.1, -0.05) is 12.1 Å². The van der Waals surface area contributed by atoms with E-state index in [1.165, 1.54) is 0 Å². The van der Waals surface area contributed by atoms with E-state index in [9.17, 15) is 9.59 Å². The molecule has 1 aromatic rings. The Hall–Kier alpha value is -1.69. The standard InChI is InChI=1S/C12H14N2O3S/c15-9-3-1-8(2-4-9)6-18-7-10-12(17)13-5-11(16)14-10/h1-4,10,15H,5-7H2,(H,13,17)(H,14,16)/t10-/m0/s1. The number of phenols is 1. The molecule has 2 rings (SSSR count). The smallest absolute Gasteiger partial charge is 0.243 e. The van der Waals surface area contributed by atoms with Gasteiger partial charge in [0, 0.05) is 11.5 Å². The normalized spacial score (nSPS) is 19.2. The number of amides is 2. The third-order valence-electron chi connectivity index (χ3n) is 2.56. The number of rotatable bonds is 4. The highest BCUT2D eigenvalue weighted by atomic mass is 32.2. The molecule has 3 N–H and O–H groups in total. The quantitative estimate of drug-likeness (QED) is 0.729. The lowest BCUT2D eigenvalue weighted by atomic mass is 10.2. The van der Waals surface area contributed by atoms with Gasteiger partial charge in [-0.15, -0.1) is 0 Å². The lowest BCUT2D eigenvalue weighted by molar-refractivity contribution is -0.133. The molecule has 0 spiro atoms. The van der Waals surface area contributed by atoms with Crippen molar-refractivity contribution in [3.63, 3.8) is 0 Å². The highest BCUT2D eigenvalue weighted by Gasteiger charge is 2.25. The summed E-state index contributed by atoms with van der Waals surface area (Å²) in [5.74, 6) is 1.23. The summed E-state index contributed by atoms with van der Waals surface area (Å²) in [7, 11) is 0. The molecule has 6 heteroatoms. The summed E-state index contributed by atoms with van der Waals surface area (Å²) in [6, 6.07) is 6.48. The SMILES string of the molecule is O=C1CNC(=O)[C@H](CSCc2ccc(O)cc2)N1. The van der Waals surface area contributed by atoms with Crippen molar-refractivity contribution < 1.29 is 14.7 Å². The summed E-state index contributed by atoms with van der Waals surface area (Å²) in [5, 5.41) is 14.3. The number of phenolic OH excluding ortho intramolecular Hbond substituents is 1. The third-order valence-corrected chi connectivity index (χ3v) is 3.67. The van der Waals surface area contributed by atoms with Gasteiger partial charge in [0.1, 0.15) is 11.8 Å². The topological polar surface area (TPSA) is 78.4 Å². The number of piperazine rings is 1. The van der Waals surface area contributed by atoms with E-state index in [1.54, 1.807) is 23.9 Å². The molecular weight excluding hydrogens is 252 g/mol. The second kappa shape index (κ2) is 5.77. The number of benzene rings is 1. The summed E-state index contributed by atoms with van der Waals surface area (Å²) in [6.45, 7) is 0.0674. The zero-order chi connectivity index (χ0) is 13.0. The van der Waals surface area contributed by atoms with E-state index in [1.807, 2.05) is 12.1 Å². The van der Waals surface area contributed by atoms with Crippen LogP contribution in [0.1, 0.15) is 5.56 Å². The van der Waals surface area contributed by atoms with Crippen LogP contribution in [0.3, 0.4) is 0 Å². The van der Waals surface area contributed by atoms with Crippen LogP contribution in [0.2, 0.25) is 0 Å². The molecule has 1 aliphatic heterocycles. The van der Waals surface area contributed by atoms with Crippen LogP contribution in [0.4, 0.5) is 0 Å². The van der Waals surface area contributed by atoms with Crippen molar-refractivity contribution in [1.29, 1.82) is 0 Å². The predicted octanol–water partition coefficient (Wildman–Crippen LogP) is 0.240. The Kier molecular flexibility index (Phi) is 4.09. The number of hydrogen-bond acceptors (Lipinski definition) is 4. The number of thioether (sulfide) groups is 1. The fraction of sp³-hybridized carbons (Fsp3) is 0.333. The van der Waals surface area contributed by atoms with Crippen LogP contribution in [-0.2, 0) is 15.3 Å². The molecule has 5 nitrogen and oxygen atoms in total. The minimum Gasteiger partial charge on any atom is -0.508 e. The van der Waals surface area contributed by atoms with Gasteiger partial charge in [0.05, 0.1) is 6.54 Å². The molecular formula is C12H14N2O3S. The van der Waals surface area contributed by atoms with Crippen molar-refractivity contribution >= 4 is 23.6 Å². The van der Waals surface area contributed by atoms with E-state index < -0.39 is 6.04 Å². The fourth-order valence-electron chi connectivity index (χ4n) is 1.61. The Morgan fingerprint density at radius 1 is 1.28 bits per heavy atom. The van der Waals surface area contributed by atoms with Gasteiger partial charge in [0.15, 0.2) is 0 Å². The number of aromatic hydroxyl groups is 1. The highest BCUT2D eigenvalue weighted by molar-refractivity contribution is 7.98. The van der Waals surface area contributed by atoms with Gasteiger partial charge in [0.2, 0.25) is 11.8 Å². The largest absolute Gasteiger partial charge is 0.508 e. The number of carbonyl (C=O) groups is 2. The molecule has 1 heterocycles. The second-order valence-corrected chi connectivity index (χ2v) is 5.05. The van der Waals surface area contributed by atoms with Crippen LogP contribution in [0.25, 0.3) is 0 Å². The molecule has 2 amide bonds. The first-order chi connectivity index (χ1) is 8.65. The molecule has 18 heavy (non-hydrogen) atoms. The number of hydrogen-bond donors (Lipinski definition) is 3. The Labute approximate surface area is 109 Å². The van der Waals surface area contributed by atoms with E-state index in [4.69, 9.17) is 5.11 Å². The van der Waals surface area contributed by atoms with Crippen LogP contribution in [-0.4, -0.2) is 35.3 Å². The zero-order valence-electron chi connectivity index (χ0n) is 9.68. The summed E-state index contributed by atoms with van der Waals surface area (Å²) in [4.78, 5) is 22.6. The maximum Gasteiger partial charge on any atom is 0.243 e. The first-order valence-electron chi connectivity index (χ1n) is 5.58. The molecule has 1 saturated heterocycles. The summed E-state index contributed by atoms with van der Waals surface area (Å²) < 4.78 is 0. The van der Waals surface area contributed by atoms with E-state index in [0.29, 0.717) is 5.75 Å². The Balaban J connectivity index is 1.79. The summed E-state index contributed by atoms with van der Waals surface area (Å²) >= 11 is 1.57. The molecule has 96 valence electrons. The lowest BCUT2D eigenvalue weighted by Crippen LogP contribution is -2.57. The van der Waals surface area contributed by atoms with Gasteiger partial charge in [-0.3, -0.25) is 9.59 Å². The molecule has 0 radical (unpaired) electrons. The molecule has 1 aliphatic rings. The van der Waals surface area contributed by atoms with E-state index >= 15 is 0 Å². The van der Waals surface area contributed by atoms with Gasteiger partial charge < -0.3 is 15.7 Å². The Morgan fingerprint density at radius 2 is 2.00 bits per heavy atom. The van der Waals surface area contributed by atoms with Gasteiger partial charge >= 0.3 is 0 Å². The van der Waals surface area contributed by atoms with E-state index in [-0.39, 0.29) is 24.1 Å². The molecule has 1 atom stereocenters. The molecule has 1 fully saturated rings. The molecule has 0 aliphatic carbocycles. The van der Waals surface area contributed by atoms with Crippen LogP contribution >= 0.6 is 11.8 Å². The van der Waals surface area contributed by atoms with Crippen molar-refractivity contribution in [2.45, 2.75) is 11.8 Å². The molecule has 0 saturated carbocycles. The molecule has 1 aromatic carbocycles. The summed E-state index contributed by atoms with van der Waals surface area (Å²) in [6.07, 6.45) is 0. The van der Waals surface area contributed by atoms with Crippen LogP contribution in [0.15, 0.2) is 24.3 Å². The molecule has 0 aromatic heterocycles. The van der Waals surface area contributed by atoms with Crippen molar-refractivity contribution in [3.8, 4) is 5.75 Å². The van der Waals surface area contributed by atoms with Crippen molar-refractivity contribution in [3.05, 3.63) is 29.8 Å². The number of carbonyl (C=O) groups excluding carboxylic acids is 2. The Morgan fingerprint density at radius 3 is 2.72 bits per heavy atom. The van der Waals surface area contributed by atoms with Crippen LogP contribution in [0, 0.1) is 0 Å². The third kappa shape index (κ3) is 3.40. The second-order valence-electron chi connectivity index (χ2n) is 4.02. The predicted molar refractivity (Wildman–Crippen MR) is 69.2 cm³/mol. The van der Waals surface area contributed by atoms with Gasteiger partial charge in [-0.05, 0) is 17.7 Å². The van der Waals surface area contributed by atoms with Gasteiger partial charge in [0.25, 0.3) is 0 Å². The maximum absolute atomic E-state index is 11.5. The van der Waals surface area contributed by atoms with Crippen molar-refractivity contribution in [2.24, 2.45) is 0 Å². The summed E-state index contributed by atoms with van der Waals surface area (Å²) in [5.41, 5.74) is 1.07. The monoisotopic (exact) mass is 266 g/mol. The maximum atomic E-state index is 11.5. The zero-order valence-corrected chi connectivity index (χ0v) is 10.5. The Bertz CT molecular complexity index is 447. The first kappa shape index (κ1) is 12.8. The van der Waals surface area contributed by atoms with Gasteiger partial charge in [-0.2, -0.15) is 11.8 Å².